The van der Waals surface area contributed by atoms with Crippen molar-refractivity contribution in [2.45, 2.75) is 31.9 Å². The van der Waals surface area contributed by atoms with Crippen LogP contribution in [0.5, 0.6) is 0 Å². The first kappa shape index (κ1) is 13.8. The molecule has 0 amide bonds. The summed E-state index contributed by atoms with van der Waals surface area (Å²) in [4.78, 5) is 2.28. The molecule has 1 heterocycles. The molecule has 1 atom stereocenters. The van der Waals surface area contributed by atoms with Crippen molar-refractivity contribution in [2.75, 3.05) is 25.9 Å². The Kier molecular flexibility index (Phi) is 5.03. The van der Waals surface area contributed by atoms with Crippen molar-refractivity contribution in [2.24, 2.45) is 0 Å². The number of nitrogens with two attached hydrogens (primary N) is 1. The van der Waals surface area contributed by atoms with Gasteiger partial charge >= 0.3 is 0 Å². The molecule has 0 aliphatic carbocycles. The number of likely N-dealkylation sites (N-methyl/N-ethyl adjacent to an activating group) is 1. The lowest BCUT2D eigenvalue weighted by atomic mass is 10.1. The van der Waals surface area contributed by atoms with E-state index in [1.807, 2.05) is 18.2 Å². The zero-order chi connectivity index (χ0) is 13.0. The second-order valence-electron chi connectivity index (χ2n) is 4.99. The van der Waals surface area contributed by atoms with Crippen molar-refractivity contribution in [3.8, 4) is 0 Å². The van der Waals surface area contributed by atoms with Gasteiger partial charge in [-0.3, -0.25) is 4.90 Å². The Morgan fingerprint density at radius 3 is 2.94 bits per heavy atom. The number of benzene rings is 1. The molecule has 2 N–H and O–H groups in total. The third-order valence-corrected chi connectivity index (χ3v) is 4.12. The Morgan fingerprint density at radius 1 is 1.44 bits per heavy atom. The number of ether oxygens (including phenoxy) is 1. The van der Waals surface area contributed by atoms with Gasteiger partial charge in [-0.05, 0) is 38.4 Å². The van der Waals surface area contributed by atoms with Gasteiger partial charge in [0.1, 0.15) is 0 Å². The molecule has 1 fully saturated rings. The highest BCUT2D eigenvalue weighted by molar-refractivity contribution is 9.10. The van der Waals surface area contributed by atoms with Crippen LogP contribution in [0.1, 0.15) is 24.8 Å². The van der Waals surface area contributed by atoms with Gasteiger partial charge in [-0.2, -0.15) is 0 Å². The third-order valence-electron chi connectivity index (χ3n) is 3.37. The van der Waals surface area contributed by atoms with Gasteiger partial charge in [0.2, 0.25) is 0 Å². The Labute approximate surface area is 117 Å². The van der Waals surface area contributed by atoms with Gasteiger partial charge in [-0.1, -0.05) is 22.0 Å². The maximum absolute atomic E-state index is 6.01. The van der Waals surface area contributed by atoms with E-state index in [1.165, 1.54) is 19.3 Å². The van der Waals surface area contributed by atoms with E-state index in [0.717, 1.165) is 35.4 Å². The number of hydrogen-bond donors (Lipinski definition) is 1. The smallest absolute Gasteiger partial charge is 0.0702 e. The van der Waals surface area contributed by atoms with Crippen LogP contribution in [0.3, 0.4) is 0 Å². The van der Waals surface area contributed by atoms with Crippen LogP contribution in [-0.4, -0.2) is 31.2 Å². The Morgan fingerprint density at radius 2 is 2.28 bits per heavy atom. The minimum atomic E-state index is 0.382. The van der Waals surface area contributed by atoms with Crippen LogP contribution in [-0.2, 0) is 11.3 Å². The van der Waals surface area contributed by atoms with Crippen LogP contribution in [0.2, 0.25) is 0 Å². The number of nitrogen functional groups attached to an aromatic ring is 1. The molecule has 1 unspecified atom stereocenters. The number of hydrogen-bond acceptors (Lipinski definition) is 3. The monoisotopic (exact) mass is 312 g/mol. The molecule has 4 heteroatoms. The highest BCUT2D eigenvalue weighted by Gasteiger charge is 2.16. The van der Waals surface area contributed by atoms with E-state index < -0.39 is 0 Å². The molecule has 0 bridgehead atoms. The highest BCUT2D eigenvalue weighted by atomic mass is 79.9. The largest absolute Gasteiger partial charge is 0.398 e. The molecule has 1 aromatic rings. The molecule has 0 radical (unpaired) electrons. The van der Waals surface area contributed by atoms with Gasteiger partial charge in [0.25, 0.3) is 0 Å². The zero-order valence-corrected chi connectivity index (χ0v) is 12.4. The lowest BCUT2D eigenvalue weighted by Crippen LogP contribution is -2.33. The topological polar surface area (TPSA) is 38.5 Å². The van der Waals surface area contributed by atoms with Gasteiger partial charge in [0.05, 0.1) is 6.10 Å². The van der Waals surface area contributed by atoms with E-state index in [9.17, 15) is 0 Å². The average Bonchev–Trinajstić information content (AvgIpc) is 2.35. The van der Waals surface area contributed by atoms with Crippen LogP contribution < -0.4 is 5.73 Å². The van der Waals surface area contributed by atoms with Gasteiger partial charge in [0.15, 0.2) is 0 Å². The van der Waals surface area contributed by atoms with Gasteiger partial charge < -0.3 is 10.5 Å². The van der Waals surface area contributed by atoms with Gasteiger partial charge in [0, 0.05) is 35.4 Å². The first-order valence-electron chi connectivity index (χ1n) is 6.50. The van der Waals surface area contributed by atoms with Gasteiger partial charge in [-0.15, -0.1) is 0 Å². The summed E-state index contributed by atoms with van der Waals surface area (Å²) in [5, 5.41) is 0. The van der Waals surface area contributed by atoms with Gasteiger partial charge in [-0.25, -0.2) is 0 Å². The van der Waals surface area contributed by atoms with Crippen LogP contribution in [0, 0.1) is 0 Å². The third kappa shape index (κ3) is 3.70. The average molecular weight is 313 g/mol. The summed E-state index contributed by atoms with van der Waals surface area (Å²) in [7, 11) is 2.12. The van der Waals surface area contributed by atoms with E-state index in [2.05, 4.69) is 27.9 Å². The van der Waals surface area contributed by atoms with E-state index in [4.69, 9.17) is 10.5 Å². The van der Waals surface area contributed by atoms with Crippen molar-refractivity contribution in [1.82, 2.24) is 4.90 Å². The van der Waals surface area contributed by atoms with Crippen LogP contribution in [0.25, 0.3) is 0 Å². The number of rotatable bonds is 4. The minimum absolute atomic E-state index is 0.382. The molecule has 2 rings (SSSR count). The number of halogens is 1. The van der Waals surface area contributed by atoms with E-state index in [-0.39, 0.29) is 0 Å². The van der Waals surface area contributed by atoms with Crippen molar-refractivity contribution < 1.29 is 4.74 Å². The molecule has 1 aliphatic rings. The van der Waals surface area contributed by atoms with Crippen LogP contribution >= 0.6 is 15.9 Å². The van der Waals surface area contributed by atoms with Crippen LogP contribution in [0.15, 0.2) is 22.7 Å². The molecule has 100 valence electrons. The second-order valence-corrected chi connectivity index (χ2v) is 5.85. The second kappa shape index (κ2) is 6.55. The molecule has 1 aromatic carbocycles. The summed E-state index contributed by atoms with van der Waals surface area (Å²) < 4.78 is 6.84. The Bertz CT molecular complexity index is 371. The normalized spacial score (nSPS) is 20.3. The Hall–Kier alpha value is -0.580. The molecule has 0 saturated carbocycles. The number of nitrogens with zero attached hydrogens (tertiary/aromatic N) is 1. The predicted molar refractivity (Wildman–Crippen MR) is 78.5 cm³/mol. The lowest BCUT2D eigenvalue weighted by molar-refractivity contribution is -0.00259. The lowest BCUT2D eigenvalue weighted by Gasteiger charge is -2.27. The van der Waals surface area contributed by atoms with Crippen molar-refractivity contribution in [3.05, 3.63) is 28.2 Å². The summed E-state index contributed by atoms with van der Waals surface area (Å²) in [5.41, 5.74) is 8.03. The predicted octanol–water partition coefficient (Wildman–Crippen LogP) is 3.03. The maximum Gasteiger partial charge on any atom is 0.0702 e. The fourth-order valence-electron chi connectivity index (χ4n) is 2.38. The number of anilines is 1. The zero-order valence-electron chi connectivity index (χ0n) is 10.9. The SMILES string of the molecule is CN(Cc1c(N)cccc1Br)CC1CCCCO1. The molecule has 3 nitrogen and oxygen atoms in total. The summed E-state index contributed by atoms with van der Waals surface area (Å²) in [6, 6.07) is 5.95. The molecule has 1 aliphatic heterocycles. The molecule has 0 aromatic heterocycles. The first-order chi connectivity index (χ1) is 8.66. The summed E-state index contributed by atoms with van der Waals surface area (Å²) in [5.74, 6) is 0. The molecule has 1 saturated heterocycles. The molecule has 18 heavy (non-hydrogen) atoms. The molecular formula is C14H21BrN2O. The summed E-state index contributed by atoms with van der Waals surface area (Å²) in [6.45, 7) is 2.74. The fraction of sp³-hybridized carbons (Fsp3) is 0.571. The van der Waals surface area contributed by atoms with E-state index >= 15 is 0 Å². The van der Waals surface area contributed by atoms with E-state index in [0.29, 0.717) is 6.10 Å². The van der Waals surface area contributed by atoms with Crippen molar-refractivity contribution in [3.63, 3.8) is 0 Å². The quantitative estimate of drug-likeness (QED) is 0.869. The van der Waals surface area contributed by atoms with Crippen molar-refractivity contribution >= 4 is 21.6 Å². The summed E-state index contributed by atoms with van der Waals surface area (Å²) in [6.07, 6.45) is 4.05. The van der Waals surface area contributed by atoms with Crippen molar-refractivity contribution in [1.29, 1.82) is 0 Å². The molecular weight excluding hydrogens is 292 g/mol. The standard InChI is InChI=1S/C14H21BrN2O/c1-17(9-11-5-2-3-8-18-11)10-12-13(15)6-4-7-14(12)16/h4,6-7,11H,2-3,5,8-10,16H2,1H3. The highest BCUT2D eigenvalue weighted by Crippen LogP contribution is 2.24. The maximum atomic E-state index is 6.01. The van der Waals surface area contributed by atoms with Crippen LogP contribution in [0.4, 0.5) is 5.69 Å². The first-order valence-corrected chi connectivity index (χ1v) is 7.29. The summed E-state index contributed by atoms with van der Waals surface area (Å²) >= 11 is 3.56. The molecule has 0 spiro atoms. The Balaban J connectivity index is 1.92. The minimum Gasteiger partial charge on any atom is -0.398 e. The van der Waals surface area contributed by atoms with E-state index in [1.54, 1.807) is 0 Å². The fourth-order valence-corrected chi connectivity index (χ4v) is 2.88.